The fraction of sp³-hybridized carbons (Fsp3) is 0.246. The van der Waals surface area contributed by atoms with Crippen LogP contribution in [0.5, 0.6) is 0 Å². The molecule has 2 unspecified atom stereocenters. The molecule has 4 fully saturated rings. The predicted molar refractivity (Wildman–Crippen MR) is 304 cm³/mol. The van der Waals surface area contributed by atoms with Crippen LogP contribution in [0.25, 0.3) is 12.2 Å². The lowest BCUT2D eigenvalue weighted by Crippen LogP contribution is -2.58. The van der Waals surface area contributed by atoms with E-state index in [2.05, 4.69) is 23.1 Å². The molecule has 0 saturated carbocycles. The first kappa shape index (κ1) is 57.9. The van der Waals surface area contributed by atoms with Gasteiger partial charge in [-0.25, -0.2) is 24.0 Å². The number of benzene rings is 4. The van der Waals surface area contributed by atoms with Gasteiger partial charge in [-0.2, -0.15) is 0 Å². The van der Waals surface area contributed by atoms with E-state index >= 15 is 0 Å². The molecule has 6 heterocycles. The fourth-order valence-corrected chi connectivity index (χ4v) is 11.1. The number of aliphatic hydroxyl groups excluding tert-OH is 1. The second-order valence-corrected chi connectivity index (χ2v) is 20.9. The summed E-state index contributed by atoms with van der Waals surface area (Å²) in [5.74, 6) is -2.99. The lowest BCUT2D eigenvalue weighted by atomic mass is 9.81. The minimum atomic E-state index is -1.05. The monoisotopic (exact) mass is 1120 g/mol. The van der Waals surface area contributed by atoms with Gasteiger partial charge in [-0.1, -0.05) is 160 Å². The molecular formula is C65H61N5O13. The van der Waals surface area contributed by atoms with Crippen molar-refractivity contribution < 1.29 is 62.4 Å². The number of hydrogen-bond acceptors (Lipinski definition) is 15. The Morgan fingerprint density at radius 3 is 1.30 bits per heavy atom. The maximum atomic E-state index is 14.0. The lowest BCUT2D eigenvalue weighted by Gasteiger charge is -2.41. The third-order valence-electron chi connectivity index (χ3n) is 15.1. The number of esters is 4. The summed E-state index contributed by atoms with van der Waals surface area (Å²) in [7, 11) is 0. The number of nitrogens with zero attached hydrogens (tertiary/aromatic N) is 4. The fourth-order valence-electron chi connectivity index (χ4n) is 11.1. The molecule has 6 aromatic rings. The standard InChI is InChI=1S/C33H31N3O7.C32H30N2O6/c1-3-16-41-30(38)23-14-15-35-24(17-23)18-25-26-19-33(2,20-42-32(34)40)28(36(26)29(25)37)31(39)43-27(21-10-6-4-7-11-21)22-12-8-5-9-13-22;1-3-16-39-30(37)23-14-15-33-24(17-23)18-25-26-19-32(2,20-35)28(34(26)29(25)36)31(38)40-27(21-10-6-4-7-11-21)22-12-8-5-9-13-22/h3-15,17-18,26-28H,1,16,19-20H2,2H3,(H2,34,40);3-15,17-18,26-28,35H,1,16,19-20H2,2H3/b2*25-18+/t26?,28-,33-;26?,28-,32-/m00/s1. The quantitative estimate of drug-likeness (QED) is 0.0254. The third-order valence-corrected chi connectivity index (χ3v) is 15.1. The Morgan fingerprint density at radius 2 is 0.952 bits per heavy atom. The SMILES string of the molecule is C=CCOC(=O)c1ccnc(/C=C2/C(=O)N3C2C[C@@](C)(CO)[C@@H]3C(=O)OC(c2ccccc2)c2ccccc2)c1.C=CCOC(=O)c1ccnc(/C=C2/C(=O)N3C2C[C@@](C)(COC(N)=O)[C@@H]3C(=O)OC(c2ccccc2)c2ccccc2)c1. The van der Waals surface area contributed by atoms with E-state index < -0.39 is 77.2 Å². The molecule has 18 heteroatoms. The topological polar surface area (TPSA) is 244 Å². The van der Waals surface area contributed by atoms with Crippen LogP contribution < -0.4 is 5.73 Å². The average molecular weight is 1120 g/mol. The average Bonchev–Trinajstić information content (AvgIpc) is 2.22. The van der Waals surface area contributed by atoms with Crippen molar-refractivity contribution in [1.82, 2.24) is 19.8 Å². The number of ether oxygens (including phenoxy) is 5. The molecule has 2 aromatic heterocycles. The lowest BCUT2D eigenvalue weighted by molar-refractivity contribution is -0.163. The number of carbonyl (C=O) groups is 7. The Balaban J connectivity index is 0.000000200. The van der Waals surface area contributed by atoms with Gasteiger partial charge in [0.1, 0.15) is 31.9 Å². The van der Waals surface area contributed by atoms with E-state index in [1.807, 2.05) is 121 Å². The van der Waals surface area contributed by atoms with Gasteiger partial charge in [0.25, 0.3) is 11.8 Å². The van der Waals surface area contributed by atoms with Crippen molar-refractivity contribution in [3.8, 4) is 0 Å². The van der Waals surface area contributed by atoms with Crippen molar-refractivity contribution in [2.24, 2.45) is 16.6 Å². The Morgan fingerprint density at radius 1 is 0.590 bits per heavy atom. The van der Waals surface area contributed by atoms with E-state index in [4.69, 9.17) is 29.4 Å². The molecule has 0 spiro atoms. The van der Waals surface area contributed by atoms with Gasteiger partial charge < -0.3 is 44.3 Å². The van der Waals surface area contributed by atoms with E-state index in [0.29, 0.717) is 40.9 Å². The molecule has 4 aliphatic rings. The zero-order valence-corrected chi connectivity index (χ0v) is 45.7. The minimum Gasteiger partial charge on any atom is -0.458 e. The van der Waals surface area contributed by atoms with Crippen LogP contribution in [0.4, 0.5) is 4.79 Å². The van der Waals surface area contributed by atoms with E-state index in [-0.39, 0.29) is 43.8 Å². The molecule has 0 radical (unpaired) electrons. The molecule has 424 valence electrons. The number of carbonyl (C=O) groups excluding carboxylic acids is 7. The van der Waals surface area contributed by atoms with Crippen molar-refractivity contribution in [3.05, 3.63) is 239 Å². The maximum absolute atomic E-state index is 14.0. The number of hydrogen-bond donors (Lipinski definition) is 2. The molecular weight excluding hydrogens is 1060 g/mol. The van der Waals surface area contributed by atoms with Gasteiger partial charge in [0.2, 0.25) is 0 Å². The van der Waals surface area contributed by atoms with Crippen LogP contribution in [-0.2, 0) is 42.9 Å². The Labute approximate surface area is 479 Å². The first-order valence-corrected chi connectivity index (χ1v) is 26.8. The van der Waals surface area contributed by atoms with Gasteiger partial charge in [-0.05, 0) is 71.5 Å². The first-order chi connectivity index (χ1) is 40.1. The summed E-state index contributed by atoms with van der Waals surface area (Å²) in [6.07, 6.45) is 7.37. The van der Waals surface area contributed by atoms with Crippen molar-refractivity contribution in [2.45, 2.75) is 63.1 Å². The van der Waals surface area contributed by atoms with E-state index in [1.54, 1.807) is 32.1 Å². The highest BCUT2D eigenvalue weighted by molar-refractivity contribution is 6.09. The second-order valence-electron chi connectivity index (χ2n) is 20.9. The van der Waals surface area contributed by atoms with Crippen LogP contribution >= 0.6 is 0 Å². The summed E-state index contributed by atoms with van der Waals surface area (Å²) in [6, 6.07) is 40.7. The number of nitrogens with two attached hydrogens (primary N) is 1. The second kappa shape index (κ2) is 25.3. The van der Waals surface area contributed by atoms with Gasteiger partial charge in [0.15, 0.2) is 12.2 Å². The van der Waals surface area contributed by atoms with Crippen molar-refractivity contribution >= 4 is 53.9 Å². The van der Waals surface area contributed by atoms with E-state index in [0.717, 1.165) is 22.3 Å². The number of pyridine rings is 2. The molecule has 0 aliphatic carbocycles. The van der Waals surface area contributed by atoms with Crippen LogP contribution in [0.2, 0.25) is 0 Å². The molecule has 0 bridgehead atoms. The van der Waals surface area contributed by atoms with Gasteiger partial charge in [0, 0.05) is 34.4 Å². The van der Waals surface area contributed by atoms with Crippen molar-refractivity contribution in [2.75, 3.05) is 26.4 Å². The summed E-state index contributed by atoms with van der Waals surface area (Å²) in [4.78, 5) is 102. The number of amides is 3. The summed E-state index contributed by atoms with van der Waals surface area (Å²) >= 11 is 0. The highest BCUT2D eigenvalue weighted by Crippen LogP contribution is 2.52. The molecule has 4 saturated heterocycles. The first-order valence-electron chi connectivity index (χ1n) is 26.8. The molecule has 18 nitrogen and oxygen atoms in total. The zero-order valence-electron chi connectivity index (χ0n) is 45.7. The summed E-state index contributed by atoms with van der Waals surface area (Å²) in [6.45, 7) is 10.3. The zero-order chi connectivity index (χ0) is 58.8. The van der Waals surface area contributed by atoms with Gasteiger partial charge in [-0.15, -0.1) is 0 Å². The summed E-state index contributed by atoms with van der Waals surface area (Å²) < 4.78 is 27.6. The van der Waals surface area contributed by atoms with Crippen LogP contribution in [0.15, 0.2) is 194 Å². The highest BCUT2D eigenvalue weighted by atomic mass is 16.6. The number of β-lactam (4-membered cyclic amide) rings is 2. The van der Waals surface area contributed by atoms with Gasteiger partial charge in [-0.3, -0.25) is 19.6 Å². The maximum Gasteiger partial charge on any atom is 0.404 e. The molecule has 83 heavy (non-hydrogen) atoms. The van der Waals surface area contributed by atoms with Crippen molar-refractivity contribution in [3.63, 3.8) is 0 Å². The molecule has 10 rings (SSSR count). The van der Waals surface area contributed by atoms with Gasteiger partial charge in [0.05, 0.1) is 41.2 Å². The van der Waals surface area contributed by atoms with Crippen LogP contribution in [0.1, 0.15) is 93.3 Å². The third kappa shape index (κ3) is 12.4. The summed E-state index contributed by atoms with van der Waals surface area (Å²) in [5.41, 5.74) is 8.74. The predicted octanol–water partition coefficient (Wildman–Crippen LogP) is 8.35. The van der Waals surface area contributed by atoms with E-state index in [9.17, 15) is 38.7 Å². The number of aromatic nitrogens is 2. The smallest absolute Gasteiger partial charge is 0.404 e. The Bertz CT molecular complexity index is 3410. The molecule has 4 aromatic carbocycles. The van der Waals surface area contributed by atoms with Crippen LogP contribution in [0, 0.1) is 10.8 Å². The van der Waals surface area contributed by atoms with E-state index in [1.165, 1.54) is 52.5 Å². The number of fused-ring (bicyclic) bond motifs is 2. The number of aliphatic hydroxyl groups is 1. The van der Waals surface area contributed by atoms with Crippen LogP contribution in [-0.4, -0.2) is 117 Å². The molecule has 3 N–H and O–H groups in total. The highest BCUT2D eigenvalue weighted by Gasteiger charge is 2.64. The Hall–Kier alpha value is -9.81. The van der Waals surface area contributed by atoms with Crippen molar-refractivity contribution in [1.29, 1.82) is 0 Å². The van der Waals surface area contributed by atoms with Crippen LogP contribution in [0.3, 0.4) is 0 Å². The normalized spacial score (nSPS) is 22.0. The molecule has 6 atom stereocenters. The molecule has 4 aliphatic heterocycles. The number of primary amides is 1. The van der Waals surface area contributed by atoms with Gasteiger partial charge >= 0.3 is 30.0 Å². The molecule has 3 amide bonds. The number of rotatable bonds is 19. The Kier molecular flexibility index (Phi) is 17.7. The summed E-state index contributed by atoms with van der Waals surface area (Å²) in [5, 5.41) is 10.4. The largest absolute Gasteiger partial charge is 0.458 e. The minimum absolute atomic E-state index is 0.0615.